The number of nitrogens with zero attached hydrogens (tertiary/aromatic N) is 3. The highest BCUT2D eigenvalue weighted by Crippen LogP contribution is 2.28. The maximum Gasteiger partial charge on any atom is 0.251 e. The molecule has 5 atom stereocenters. The molecule has 0 spiro atoms. The molecule has 0 aliphatic carbocycles. The van der Waals surface area contributed by atoms with Gasteiger partial charge in [-0.15, -0.1) is 0 Å². The summed E-state index contributed by atoms with van der Waals surface area (Å²) in [5, 5.41) is 17.6. The van der Waals surface area contributed by atoms with E-state index in [1.54, 1.807) is 0 Å². The summed E-state index contributed by atoms with van der Waals surface area (Å²) >= 11 is 0. The van der Waals surface area contributed by atoms with Gasteiger partial charge < -0.3 is 41.7 Å². The van der Waals surface area contributed by atoms with Gasteiger partial charge in [0.1, 0.15) is 0 Å². The molecular weight excluding hydrogens is 945 g/mol. The van der Waals surface area contributed by atoms with E-state index in [9.17, 15) is 19.2 Å². The van der Waals surface area contributed by atoms with Crippen molar-refractivity contribution in [2.45, 2.75) is 75.0 Å². The molecule has 4 amide bonds. The van der Waals surface area contributed by atoms with Gasteiger partial charge in [0.25, 0.3) is 11.8 Å². The molecular formula is C64H76N8O4. The molecule has 0 radical (unpaired) electrons. The van der Waals surface area contributed by atoms with Gasteiger partial charge in [0, 0.05) is 68.4 Å². The summed E-state index contributed by atoms with van der Waals surface area (Å²) in [6, 6.07) is 58.2. The van der Waals surface area contributed by atoms with Crippen LogP contribution < -0.4 is 27.0 Å². The van der Waals surface area contributed by atoms with Gasteiger partial charge in [0.15, 0.2) is 0 Å². The summed E-state index contributed by atoms with van der Waals surface area (Å²) in [6.45, 7) is 7.05. The summed E-state index contributed by atoms with van der Waals surface area (Å²) in [4.78, 5) is 59.4. The van der Waals surface area contributed by atoms with E-state index >= 15 is 0 Å². The van der Waals surface area contributed by atoms with Gasteiger partial charge in [0.05, 0.1) is 12.1 Å². The molecule has 12 nitrogen and oxygen atoms in total. The monoisotopic (exact) mass is 1020 g/mol. The largest absolute Gasteiger partial charge is 0.350 e. The van der Waals surface area contributed by atoms with Crippen LogP contribution in [0.1, 0.15) is 88.3 Å². The Morgan fingerprint density at radius 2 is 0.987 bits per heavy atom. The molecule has 2 aliphatic rings. The van der Waals surface area contributed by atoms with Crippen LogP contribution in [0.4, 0.5) is 0 Å². The second-order valence-electron chi connectivity index (χ2n) is 20.7. The number of benzene rings is 7. The lowest BCUT2D eigenvalue weighted by molar-refractivity contribution is -0.133. The van der Waals surface area contributed by atoms with Crippen LogP contribution in [0, 0.1) is 0 Å². The van der Waals surface area contributed by atoms with Crippen LogP contribution in [0.25, 0.3) is 21.5 Å². The fourth-order valence-corrected chi connectivity index (χ4v) is 10.5. The van der Waals surface area contributed by atoms with Gasteiger partial charge >= 0.3 is 0 Å². The van der Waals surface area contributed by atoms with Crippen molar-refractivity contribution in [1.29, 1.82) is 0 Å². The molecule has 2 saturated heterocycles. The Morgan fingerprint density at radius 1 is 0.566 bits per heavy atom. The molecule has 7 aromatic carbocycles. The standard InChI is InChI=1S/C35H40N4O2.C29H36N4O2/c1-38(2)21-20-33-35(41)39(25-32(27-12-5-3-6-13-27)28-14-7-4-8-15-28)22-19-31(37-33)24-36-34(40)30-18-17-26-11-9-10-16-29(26)23-30;1-21(22-8-3-2-4-9-22)20-33-17-15-26(32-27(29(33)35)12-7-16-30)19-31-28(34)25-14-13-23-10-5-6-11-24(23)18-25/h3-18,23,31-33,37H,19-22,24-25H2,1-2H3,(H,36,40);2-6,8-11,13-14,18,21,26-27,32H,7,12,15-17,19-20,30H2,1H3,(H,31,34)/t31-,33-;21?,26-,27-/m00/s1. The topological polar surface area (TPSA) is 152 Å². The second kappa shape index (κ2) is 27.5. The number of nitrogens with one attached hydrogen (secondary N) is 4. The first kappa shape index (κ1) is 55.0. The number of hydrogen-bond donors (Lipinski definition) is 5. The van der Waals surface area contributed by atoms with Crippen molar-refractivity contribution in [2.75, 3.05) is 66.5 Å². The molecule has 12 heteroatoms. The van der Waals surface area contributed by atoms with E-state index in [2.05, 4.69) is 93.8 Å². The molecule has 6 N–H and O–H groups in total. The molecule has 2 heterocycles. The second-order valence-corrected chi connectivity index (χ2v) is 20.7. The summed E-state index contributed by atoms with van der Waals surface area (Å²) in [7, 11) is 4.06. The zero-order valence-electron chi connectivity index (χ0n) is 44.5. The Bertz CT molecular complexity index is 2930. The number of nitrogens with two attached hydrogens (primary N) is 1. The first-order chi connectivity index (χ1) is 37.0. The van der Waals surface area contributed by atoms with Crippen molar-refractivity contribution in [3.63, 3.8) is 0 Å². The number of hydrogen-bond acceptors (Lipinski definition) is 8. The zero-order chi connectivity index (χ0) is 53.2. The van der Waals surface area contributed by atoms with E-state index < -0.39 is 0 Å². The van der Waals surface area contributed by atoms with Gasteiger partial charge in [-0.25, -0.2) is 0 Å². The Morgan fingerprint density at radius 3 is 1.45 bits per heavy atom. The van der Waals surface area contributed by atoms with E-state index in [4.69, 9.17) is 5.73 Å². The van der Waals surface area contributed by atoms with E-state index in [1.165, 1.54) is 16.7 Å². The Hall–Kier alpha value is -7.22. The normalized spacial score (nSPS) is 18.4. The van der Waals surface area contributed by atoms with Crippen molar-refractivity contribution >= 4 is 45.2 Å². The van der Waals surface area contributed by atoms with E-state index in [1.807, 2.05) is 139 Å². The highest BCUT2D eigenvalue weighted by atomic mass is 16.2. The van der Waals surface area contributed by atoms with Crippen LogP contribution in [0.5, 0.6) is 0 Å². The van der Waals surface area contributed by atoms with Crippen LogP contribution in [0.2, 0.25) is 0 Å². The molecule has 0 aromatic heterocycles. The number of carbonyl (C=O) groups excluding carboxylic acids is 4. The number of carbonyl (C=O) groups is 4. The Balaban J connectivity index is 0.000000204. The molecule has 1 unspecified atom stereocenters. The highest BCUT2D eigenvalue weighted by Gasteiger charge is 2.34. The van der Waals surface area contributed by atoms with E-state index in [0.29, 0.717) is 69.8 Å². The molecule has 2 aliphatic heterocycles. The van der Waals surface area contributed by atoms with Gasteiger partial charge in [-0.1, -0.05) is 159 Å². The summed E-state index contributed by atoms with van der Waals surface area (Å²) in [5.41, 5.74) is 10.7. The van der Waals surface area contributed by atoms with Crippen molar-refractivity contribution in [3.8, 4) is 0 Å². The molecule has 0 saturated carbocycles. The van der Waals surface area contributed by atoms with Crippen molar-refractivity contribution < 1.29 is 19.2 Å². The summed E-state index contributed by atoms with van der Waals surface area (Å²) in [6.07, 6.45) is 3.73. The predicted octanol–water partition coefficient (Wildman–Crippen LogP) is 8.58. The predicted molar refractivity (Wildman–Crippen MR) is 307 cm³/mol. The maximum absolute atomic E-state index is 13.9. The van der Waals surface area contributed by atoms with Gasteiger partial charge in [-0.2, -0.15) is 0 Å². The van der Waals surface area contributed by atoms with Crippen LogP contribution in [0.15, 0.2) is 176 Å². The molecule has 76 heavy (non-hydrogen) atoms. The van der Waals surface area contributed by atoms with Crippen LogP contribution in [-0.4, -0.2) is 129 Å². The zero-order valence-corrected chi connectivity index (χ0v) is 44.5. The average Bonchev–Trinajstić information content (AvgIpc) is 3.71. The van der Waals surface area contributed by atoms with Crippen molar-refractivity contribution in [1.82, 2.24) is 36.0 Å². The van der Waals surface area contributed by atoms with Crippen LogP contribution >= 0.6 is 0 Å². The van der Waals surface area contributed by atoms with Crippen LogP contribution in [0.3, 0.4) is 0 Å². The van der Waals surface area contributed by atoms with Gasteiger partial charge in [-0.05, 0) is 128 Å². The molecule has 7 aromatic rings. The SMILES string of the molecule is CC(CN1CC[C@@H](CNC(=O)c2ccc3ccccc3c2)N[C@@H](CCCN)C1=O)c1ccccc1.CN(C)CC[C@@H]1N[C@H](CNC(=O)c2ccc3ccccc3c2)CCN(CC(c2ccccc2)c2ccccc2)C1=O. The maximum atomic E-state index is 13.9. The van der Waals surface area contributed by atoms with Crippen molar-refractivity contribution in [3.05, 3.63) is 204 Å². The number of fused-ring (bicyclic) bond motifs is 2. The minimum Gasteiger partial charge on any atom is -0.350 e. The van der Waals surface area contributed by atoms with Crippen molar-refractivity contribution in [2.24, 2.45) is 5.73 Å². The minimum absolute atomic E-state index is 0.00702. The quantitative estimate of drug-likeness (QED) is 0.0541. The summed E-state index contributed by atoms with van der Waals surface area (Å²) < 4.78 is 0. The van der Waals surface area contributed by atoms with Crippen LogP contribution in [-0.2, 0) is 9.59 Å². The van der Waals surface area contributed by atoms with Gasteiger partial charge in [0.2, 0.25) is 11.8 Å². The number of amides is 4. The van der Waals surface area contributed by atoms with Gasteiger partial charge in [-0.3, -0.25) is 19.2 Å². The fourth-order valence-electron chi connectivity index (χ4n) is 10.5. The molecule has 2 fully saturated rings. The molecule has 9 rings (SSSR count). The minimum atomic E-state index is -0.310. The summed E-state index contributed by atoms with van der Waals surface area (Å²) in [5.74, 6) is 0.403. The highest BCUT2D eigenvalue weighted by molar-refractivity contribution is 5.99. The first-order valence-corrected chi connectivity index (χ1v) is 27.2. The lowest BCUT2D eigenvalue weighted by atomic mass is 9.90. The third-order valence-electron chi connectivity index (χ3n) is 14.9. The third kappa shape index (κ3) is 15.2. The van der Waals surface area contributed by atoms with E-state index in [-0.39, 0.29) is 59.6 Å². The Kier molecular flexibility index (Phi) is 19.9. The smallest absolute Gasteiger partial charge is 0.251 e. The first-order valence-electron chi connectivity index (χ1n) is 27.2. The number of rotatable bonds is 19. The molecule has 0 bridgehead atoms. The Labute approximate surface area is 449 Å². The van der Waals surface area contributed by atoms with E-state index in [0.717, 1.165) is 47.4 Å². The third-order valence-corrected chi connectivity index (χ3v) is 14.9. The average molecular weight is 1020 g/mol. The molecule has 396 valence electrons. The lowest BCUT2D eigenvalue weighted by Gasteiger charge is -2.29. The fraction of sp³-hybridized carbons (Fsp3) is 0.344. The lowest BCUT2D eigenvalue weighted by Crippen LogP contribution is -2.50.